The van der Waals surface area contributed by atoms with Crippen LogP contribution in [0.25, 0.3) is 0 Å². The molecular formula is C14H18O3. The number of hydrogen-bond acceptors (Lipinski definition) is 3. The molecule has 0 radical (unpaired) electrons. The van der Waals surface area contributed by atoms with Crippen LogP contribution in [0.15, 0.2) is 12.2 Å². The topological polar surface area (TPSA) is 35.5 Å². The molecule has 1 saturated heterocycles. The zero-order valence-electron chi connectivity index (χ0n) is 10.1. The Bertz CT molecular complexity index is 416. The Morgan fingerprint density at radius 1 is 1.53 bits per heavy atom. The van der Waals surface area contributed by atoms with Crippen molar-refractivity contribution in [2.45, 2.75) is 31.3 Å². The molecule has 0 N–H and O–H groups in total. The first-order chi connectivity index (χ1) is 8.24. The minimum Gasteiger partial charge on any atom is -0.469 e. The van der Waals surface area contributed by atoms with Crippen LogP contribution in [-0.4, -0.2) is 25.3 Å². The van der Waals surface area contributed by atoms with E-state index < -0.39 is 0 Å². The summed E-state index contributed by atoms with van der Waals surface area (Å²) in [6.07, 6.45) is 8.67. The average molecular weight is 234 g/mol. The first-order valence-electron chi connectivity index (χ1n) is 6.64. The van der Waals surface area contributed by atoms with Gasteiger partial charge in [0.05, 0.1) is 12.7 Å². The van der Waals surface area contributed by atoms with Gasteiger partial charge in [-0.25, -0.2) is 0 Å². The molecule has 3 fully saturated rings. The molecule has 2 saturated carbocycles. The summed E-state index contributed by atoms with van der Waals surface area (Å²) in [6.45, 7) is 0.916. The van der Waals surface area contributed by atoms with Crippen molar-refractivity contribution in [3.63, 3.8) is 0 Å². The number of carbonyl (C=O) groups excluding carboxylic acids is 1. The lowest BCUT2D eigenvalue weighted by Crippen LogP contribution is -2.33. The van der Waals surface area contributed by atoms with Gasteiger partial charge in [-0.3, -0.25) is 4.79 Å². The van der Waals surface area contributed by atoms with Gasteiger partial charge in [0.25, 0.3) is 0 Å². The molecule has 0 amide bonds. The molecule has 0 aromatic heterocycles. The standard InChI is InChI=1S/C14H18O3/c1-16-12(15)4-6-13-8-9-5-7-17-14(13)10(9)2-3-11(13)14/h2-3,9-11H,4-8H2,1H3. The van der Waals surface area contributed by atoms with Gasteiger partial charge in [-0.05, 0) is 25.2 Å². The summed E-state index contributed by atoms with van der Waals surface area (Å²) in [5, 5.41) is 0. The zero-order chi connectivity index (χ0) is 11.7. The molecule has 4 rings (SSSR count). The highest BCUT2D eigenvalue weighted by Crippen LogP contribution is 2.83. The normalized spacial score (nSPS) is 52.4. The Kier molecular flexibility index (Phi) is 1.75. The highest BCUT2D eigenvalue weighted by atomic mass is 16.5. The van der Waals surface area contributed by atoms with Crippen LogP contribution in [-0.2, 0) is 14.3 Å². The fraction of sp³-hybridized carbons (Fsp3) is 0.786. The number of fused-ring (bicyclic) bond motifs is 1. The summed E-state index contributed by atoms with van der Waals surface area (Å²) >= 11 is 0. The SMILES string of the molecule is COC(=O)CCC12CC3CCOC14C3C=CC24. The van der Waals surface area contributed by atoms with E-state index in [4.69, 9.17) is 9.47 Å². The van der Waals surface area contributed by atoms with E-state index in [0.29, 0.717) is 18.3 Å². The van der Waals surface area contributed by atoms with E-state index in [1.54, 1.807) is 0 Å². The zero-order valence-corrected chi connectivity index (χ0v) is 10.1. The fourth-order valence-electron chi connectivity index (χ4n) is 5.12. The van der Waals surface area contributed by atoms with E-state index in [-0.39, 0.29) is 17.0 Å². The number of hydrogen-bond donors (Lipinski definition) is 0. The van der Waals surface area contributed by atoms with Crippen molar-refractivity contribution in [1.29, 1.82) is 0 Å². The lowest BCUT2D eigenvalue weighted by atomic mass is 9.86. The fourth-order valence-corrected chi connectivity index (χ4v) is 5.12. The van der Waals surface area contributed by atoms with E-state index in [1.807, 2.05) is 0 Å². The van der Waals surface area contributed by atoms with Gasteiger partial charge in [-0.1, -0.05) is 12.2 Å². The molecule has 4 aliphatic rings. The maximum absolute atomic E-state index is 11.3. The smallest absolute Gasteiger partial charge is 0.305 e. The summed E-state index contributed by atoms with van der Waals surface area (Å²) in [5.41, 5.74) is 0.381. The van der Waals surface area contributed by atoms with Gasteiger partial charge in [-0.15, -0.1) is 0 Å². The van der Waals surface area contributed by atoms with Gasteiger partial charge >= 0.3 is 5.97 Å². The molecule has 1 heterocycles. The summed E-state index contributed by atoms with van der Waals surface area (Å²) < 4.78 is 10.9. The van der Waals surface area contributed by atoms with Crippen molar-refractivity contribution in [2.24, 2.45) is 23.2 Å². The Balaban J connectivity index is 1.60. The van der Waals surface area contributed by atoms with Crippen LogP contribution in [0.4, 0.5) is 0 Å². The summed E-state index contributed by atoms with van der Waals surface area (Å²) in [4.78, 5) is 11.3. The molecule has 3 nitrogen and oxygen atoms in total. The third-order valence-corrected chi connectivity index (χ3v) is 5.73. The van der Waals surface area contributed by atoms with Crippen LogP contribution < -0.4 is 0 Å². The predicted octanol–water partition coefficient (Wildman–Crippen LogP) is 1.92. The molecule has 0 aromatic carbocycles. The van der Waals surface area contributed by atoms with Crippen LogP contribution in [0, 0.1) is 23.2 Å². The minimum atomic E-state index is -0.0808. The lowest BCUT2D eigenvalue weighted by Gasteiger charge is -2.30. The monoisotopic (exact) mass is 234 g/mol. The molecule has 3 aliphatic carbocycles. The van der Waals surface area contributed by atoms with Gasteiger partial charge in [-0.2, -0.15) is 0 Å². The number of carbonyl (C=O) groups is 1. The van der Waals surface area contributed by atoms with Crippen molar-refractivity contribution in [2.75, 3.05) is 13.7 Å². The quantitative estimate of drug-likeness (QED) is 0.553. The Morgan fingerprint density at radius 2 is 2.41 bits per heavy atom. The Labute approximate surface area is 101 Å². The molecule has 1 aliphatic heterocycles. The number of ether oxygens (including phenoxy) is 2. The average Bonchev–Trinajstić information content (AvgIpc) is 2.60. The summed E-state index contributed by atoms with van der Waals surface area (Å²) in [7, 11) is 1.47. The van der Waals surface area contributed by atoms with Crippen LogP contribution in [0.1, 0.15) is 25.7 Å². The van der Waals surface area contributed by atoms with E-state index in [0.717, 1.165) is 18.9 Å². The van der Waals surface area contributed by atoms with Crippen LogP contribution >= 0.6 is 0 Å². The summed E-state index contributed by atoms with van der Waals surface area (Å²) in [6, 6.07) is 0. The molecule has 17 heavy (non-hydrogen) atoms. The molecule has 92 valence electrons. The van der Waals surface area contributed by atoms with E-state index >= 15 is 0 Å². The van der Waals surface area contributed by atoms with Crippen molar-refractivity contribution >= 4 is 5.97 Å². The highest BCUT2D eigenvalue weighted by Gasteiger charge is 2.85. The molecule has 5 atom stereocenters. The van der Waals surface area contributed by atoms with Crippen molar-refractivity contribution < 1.29 is 14.3 Å². The van der Waals surface area contributed by atoms with E-state index in [2.05, 4.69) is 12.2 Å². The first kappa shape index (κ1) is 10.1. The molecule has 3 heteroatoms. The highest BCUT2D eigenvalue weighted by molar-refractivity contribution is 5.69. The lowest BCUT2D eigenvalue weighted by molar-refractivity contribution is -0.141. The van der Waals surface area contributed by atoms with Crippen molar-refractivity contribution in [3.05, 3.63) is 12.2 Å². The molecule has 1 spiro atoms. The van der Waals surface area contributed by atoms with Crippen LogP contribution in [0.5, 0.6) is 0 Å². The maximum atomic E-state index is 11.3. The molecule has 5 unspecified atom stereocenters. The van der Waals surface area contributed by atoms with E-state index in [9.17, 15) is 4.79 Å². The van der Waals surface area contributed by atoms with Crippen LogP contribution in [0.2, 0.25) is 0 Å². The Hall–Kier alpha value is -0.830. The van der Waals surface area contributed by atoms with Crippen molar-refractivity contribution in [1.82, 2.24) is 0 Å². The molecule has 0 aromatic rings. The Morgan fingerprint density at radius 3 is 3.24 bits per heavy atom. The number of esters is 1. The van der Waals surface area contributed by atoms with E-state index in [1.165, 1.54) is 20.0 Å². The third-order valence-electron chi connectivity index (χ3n) is 5.73. The van der Waals surface area contributed by atoms with Gasteiger partial charge in [0.1, 0.15) is 0 Å². The van der Waals surface area contributed by atoms with Gasteiger partial charge < -0.3 is 9.47 Å². The predicted molar refractivity (Wildman–Crippen MR) is 61.2 cm³/mol. The minimum absolute atomic E-state index is 0.0808. The maximum Gasteiger partial charge on any atom is 0.305 e. The van der Waals surface area contributed by atoms with Gasteiger partial charge in [0.15, 0.2) is 0 Å². The van der Waals surface area contributed by atoms with Gasteiger partial charge in [0, 0.05) is 30.3 Å². The number of methoxy groups -OCH3 is 1. The third kappa shape index (κ3) is 0.931. The second-order valence-corrected chi connectivity index (χ2v) is 6.02. The summed E-state index contributed by atoms with van der Waals surface area (Å²) in [5.74, 6) is 1.94. The second kappa shape index (κ2) is 2.94. The van der Waals surface area contributed by atoms with Crippen LogP contribution in [0.3, 0.4) is 0 Å². The van der Waals surface area contributed by atoms with Gasteiger partial charge in [0.2, 0.25) is 0 Å². The largest absolute Gasteiger partial charge is 0.469 e. The number of rotatable bonds is 3. The second-order valence-electron chi connectivity index (χ2n) is 6.02. The molecular weight excluding hydrogens is 216 g/mol. The van der Waals surface area contributed by atoms with Crippen molar-refractivity contribution in [3.8, 4) is 0 Å². The molecule has 2 bridgehead atoms. The first-order valence-corrected chi connectivity index (χ1v) is 6.64.